The SMILES string of the molecule is CCC(CC(CC(O)c1ccccc1)c1ccccc1)c1ccccc1. The van der Waals surface area contributed by atoms with E-state index in [1.165, 1.54) is 11.1 Å². The van der Waals surface area contributed by atoms with Crippen LogP contribution in [0.25, 0.3) is 0 Å². The second kappa shape index (κ2) is 9.35. The molecule has 0 aromatic heterocycles. The predicted octanol–water partition coefficient (Wildman–Crippen LogP) is 6.48. The van der Waals surface area contributed by atoms with Crippen LogP contribution in [0.5, 0.6) is 0 Å². The van der Waals surface area contributed by atoms with Crippen LogP contribution in [0.4, 0.5) is 0 Å². The normalized spacial score (nSPS) is 14.5. The number of hydrogen-bond donors (Lipinski definition) is 1. The van der Waals surface area contributed by atoms with Crippen molar-refractivity contribution in [2.45, 2.75) is 44.1 Å². The van der Waals surface area contributed by atoms with E-state index in [9.17, 15) is 5.11 Å². The lowest BCUT2D eigenvalue weighted by molar-refractivity contribution is 0.154. The molecule has 3 aromatic carbocycles. The second-order valence-electron chi connectivity index (χ2n) is 7.02. The third kappa shape index (κ3) is 4.83. The topological polar surface area (TPSA) is 20.2 Å². The molecule has 3 aromatic rings. The third-order valence-corrected chi connectivity index (χ3v) is 5.30. The Morgan fingerprint density at radius 3 is 1.46 bits per heavy atom. The van der Waals surface area contributed by atoms with Crippen molar-refractivity contribution in [3.05, 3.63) is 108 Å². The minimum absolute atomic E-state index is 0.330. The summed E-state index contributed by atoms with van der Waals surface area (Å²) in [6, 6.07) is 31.4. The molecule has 26 heavy (non-hydrogen) atoms. The number of hydrogen-bond acceptors (Lipinski definition) is 1. The van der Waals surface area contributed by atoms with Gasteiger partial charge in [0.05, 0.1) is 6.10 Å². The van der Waals surface area contributed by atoms with Gasteiger partial charge in [-0.1, -0.05) is 97.9 Å². The molecule has 1 heteroatoms. The zero-order valence-electron chi connectivity index (χ0n) is 15.5. The first-order chi connectivity index (χ1) is 12.8. The van der Waals surface area contributed by atoms with Gasteiger partial charge in [-0.2, -0.15) is 0 Å². The minimum atomic E-state index is -0.435. The molecular formula is C25H28O. The molecule has 0 aliphatic heterocycles. The first kappa shape index (κ1) is 18.4. The van der Waals surface area contributed by atoms with Gasteiger partial charge in [-0.15, -0.1) is 0 Å². The molecule has 3 atom stereocenters. The molecule has 0 saturated heterocycles. The lowest BCUT2D eigenvalue weighted by Gasteiger charge is -2.26. The Labute approximate surface area is 157 Å². The van der Waals surface area contributed by atoms with Crippen LogP contribution in [0, 0.1) is 0 Å². The van der Waals surface area contributed by atoms with Crippen molar-refractivity contribution in [1.29, 1.82) is 0 Å². The highest BCUT2D eigenvalue weighted by molar-refractivity contribution is 5.25. The fourth-order valence-corrected chi connectivity index (χ4v) is 3.78. The predicted molar refractivity (Wildman–Crippen MR) is 109 cm³/mol. The molecule has 0 spiro atoms. The summed E-state index contributed by atoms with van der Waals surface area (Å²) in [6.07, 6.45) is 2.47. The summed E-state index contributed by atoms with van der Waals surface area (Å²) >= 11 is 0. The summed E-state index contributed by atoms with van der Waals surface area (Å²) in [5.41, 5.74) is 3.71. The van der Waals surface area contributed by atoms with E-state index in [2.05, 4.69) is 67.6 Å². The Kier molecular flexibility index (Phi) is 6.62. The fourth-order valence-electron chi connectivity index (χ4n) is 3.78. The van der Waals surface area contributed by atoms with Crippen LogP contribution in [0.2, 0.25) is 0 Å². The molecule has 0 bridgehead atoms. The zero-order chi connectivity index (χ0) is 18.2. The summed E-state index contributed by atoms with van der Waals surface area (Å²) in [4.78, 5) is 0. The van der Waals surface area contributed by atoms with Gasteiger partial charge < -0.3 is 5.11 Å². The Balaban J connectivity index is 1.82. The smallest absolute Gasteiger partial charge is 0.0795 e. The zero-order valence-corrected chi connectivity index (χ0v) is 15.5. The van der Waals surface area contributed by atoms with Gasteiger partial charge in [0.25, 0.3) is 0 Å². The Bertz CT molecular complexity index is 752. The van der Waals surface area contributed by atoms with E-state index >= 15 is 0 Å². The molecule has 0 fully saturated rings. The van der Waals surface area contributed by atoms with Gasteiger partial charge in [0.1, 0.15) is 0 Å². The molecule has 0 saturated carbocycles. The van der Waals surface area contributed by atoms with Crippen LogP contribution in [-0.4, -0.2) is 5.11 Å². The van der Waals surface area contributed by atoms with Gasteiger partial charge in [-0.25, -0.2) is 0 Å². The van der Waals surface area contributed by atoms with Gasteiger partial charge in [0.15, 0.2) is 0 Å². The van der Waals surface area contributed by atoms with Crippen LogP contribution in [0.1, 0.15) is 60.8 Å². The Morgan fingerprint density at radius 2 is 1.00 bits per heavy atom. The fraction of sp³-hybridized carbons (Fsp3) is 0.280. The number of aliphatic hydroxyl groups is 1. The molecule has 0 heterocycles. The molecule has 3 unspecified atom stereocenters. The number of rotatable bonds is 8. The highest BCUT2D eigenvalue weighted by Gasteiger charge is 2.22. The lowest BCUT2D eigenvalue weighted by Crippen LogP contribution is -2.11. The molecule has 134 valence electrons. The molecule has 0 aliphatic rings. The molecule has 1 nitrogen and oxygen atoms in total. The van der Waals surface area contributed by atoms with Crippen molar-refractivity contribution in [3.63, 3.8) is 0 Å². The maximum Gasteiger partial charge on any atom is 0.0795 e. The maximum absolute atomic E-state index is 10.8. The van der Waals surface area contributed by atoms with Crippen molar-refractivity contribution < 1.29 is 5.11 Å². The average Bonchev–Trinajstić information content (AvgIpc) is 2.73. The molecule has 0 radical (unpaired) electrons. The summed E-state index contributed by atoms with van der Waals surface area (Å²) < 4.78 is 0. The van der Waals surface area contributed by atoms with E-state index < -0.39 is 6.10 Å². The summed E-state index contributed by atoms with van der Waals surface area (Å²) in [5.74, 6) is 0.834. The standard InChI is InChI=1S/C25H28O/c1-2-20(21-12-6-3-7-13-21)18-24(22-14-8-4-9-15-22)19-25(26)23-16-10-5-11-17-23/h3-17,20,24-26H,2,18-19H2,1H3. The van der Waals surface area contributed by atoms with Crippen molar-refractivity contribution in [1.82, 2.24) is 0 Å². The maximum atomic E-state index is 10.8. The van der Waals surface area contributed by atoms with Crippen LogP contribution in [0.3, 0.4) is 0 Å². The first-order valence-electron chi connectivity index (χ1n) is 9.60. The highest BCUT2D eigenvalue weighted by Crippen LogP contribution is 2.37. The van der Waals surface area contributed by atoms with E-state index in [1.807, 2.05) is 30.3 Å². The van der Waals surface area contributed by atoms with Crippen molar-refractivity contribution in [3.8, 4) is 0 Å². The number of benzene rings is 3. The number of aliphatic hydroxyl groups excluding tert-OH is 1. The Morgan fingerprint density at radius 1 is 0.577 bits per heavy atom. The van der Waals surface area contributed by atoms with Crippen molar-refractivity contribution in [2.75, 3.05) is 0 Å². The average molecular weight is 344 g/mol. The Hall–Kier alpha value is -2.38. The largest absolute Gasteiger partial charge is 0.388 e. The summed E-state index contributed by atoms with van der Waals surface area (Å²) in [6.45, 7) is 2.26. The van der Waals surface area contributed by atoms with Gasteiger partial charge >= 0.3 is 0 Å². The third-order valence-electron chi connectivity index (χ3n) is 5.30. The van der Waals surface area contributed by atoms with Gasteiger partial charge in [-0.05, 0) is 47.8 Å². The van der Waals surface area contributed by atoms with Crippen LogP contribution in [0.15, 0.2) is 91.0 Å². The molecule has 0 aliphatic carbocycles. The first-order valence-corrected chi connectivity index (χ1v) is 9.60. The van der Waals surface area contributed by atoms with Crippen LogP contribution < -0.4 is 0 Å². The van der Waals surface area contributed by atoms with E-state index in [4.69, 9.17) is 0 Å². The molecule has 0 amide bonds. The van der Waals surface area contributed by atoms with Crippen molar-refractivity contribution >= 4 is 0 Å². The van der Waals surface area contributed by atoms with E-state index in [-0.39, 0.29) is 0 Å². The summed E-state index contributed by atoms with van der Waals surface area (Å²) in [7, 11) is 0. The quantitative estimate of drug-likeness (QED) is 0.496. The highest BCUT2D eigenvalue weighted by atomic mass is 16.3. The van der Waals surface area contributed by atoms with Crippen LogP contribution in [-0.2, 0) is 0 Å². The van der Waals surface area contributed by atoms with E-state index in [0.717, 1.165) is 24.8 Å². The molecular weight excluding hydrogens is 316 g/mol. The van der Waals surface area contributed by atoms with Crippen molar-refractivity contribution in [2.24, 2.45) is 0 Å². The van der Waals surface area contributed by atoms with Gasteiger partial charge in [0.2, 0.25) is 0 Å². The molecule has 1 N–H and O–H groups in total. The summed E-state index contributed by atoms with van der Waals surface area (Å²) in [5, 5.41) is 10.8. The van der Waals surface area contributed by atoms with E-state index in [0.29, 0.717) is 11.8 Å². The second-order valence-corrected chi connectivity index (χ2v) is 7.02. The molecule has 3 rings (SSSR count). The van der Waals surface area contributed by atoms with Gasteiger partial charge in [-0.3, -0.25) is 0 Å². The minimum Gasteiger partial charge on any atom is -0.388 e. The van der Waals surface area contributed by atoms with Crippen LogP contribution >= 0.6 is 0 Å². The van der Waals surface area contributed by atoms with E-state index in [1.54, 1.807) is 0 Å². The lowest BCUT2D eigenvalue weighted by atomic mass is 9.80. The van der Waals surface area contributed by atoms with Gasteiger partial charge in [0, 0.05) is 0 Å². The monoisotopic (exact) mass is 344 g/mol.